The van der Waals surface area contributed by atoms with Crippen LogP contribution in [0.5, 0.6) is 5.75 Å². The maximum absolute atomic E-state index is 13.0. The van der Waals surface area contributed by atoms with E-state index in [-0.39, 0.29) is 17.9 Å². The van der Waals surface area contributed by atoms with Gasteiger partial charge in [0.15, 0.2) is 0 Å². The van der Waals surface area contributed by atoms with Gasteiger partial charge in [-0.2, -0.15) is 0 Å². The molecule has 0 bridgehead atoms. The SMILES string of the molecule is CCOc1cccc(NC(=O)NC2CCN(Cc3ccc(F)cc3)CC2)c1. The first-order valence-corrected chi connectivity index (χ1v) is 9.39. The summed E-state index contributed by atoms with van der Waals surface area (Å²) >= 11 is 0. The Hall–Kier alpha value is -2.60. The van der Waals surface area contributed by atoms with Crippen molar-refractivity contribution in [1.82, 2.24) is 10.2 Å². The molecule has 0 spiro atoms. The van der Waals surface area contributed by atoms with Crippen LogP contribution in [0.25, 0.3) is 0 Å². The molecule has 2 aromatic rings. The number of urea groups is 1. The van der Waals surface area contributed by atoms with E-state index >= 15 is 0 Å². The van der Waals surface area contributed by atoms with Crippen LogP contribution >= 0.6 is 0 Å². The standard InChI is InChI=1S/C21H26FN3O2/c1-2-27-20-5-3-4-19(14-20)24-21(26)23-18-10-12-25(13-11-18)15-16-6-8-17(22)9-7-16/h3-9,14,18H,2,10-13,15H2,1H3,(H2,23,24,26). The second-order valence-corrected chi connectivity index (χ2v) is 6.74. The molecule has 0 unspecified atom stereocenters. The summed E-state index contributed by atoms with van der Waals surface area (Å²) in [6, 6.07) is 14.0. The fourth-order valence-corrected chi connectivity index (χ4v) is 3.27. The zero-order chi connectivity index (χ0) is 19.1. The molecule has 0 radical (unpaired) electrons. The summed E-state index contributed by atoms with van der Waals surface area (Å²) in [5, 5.41) is 5.91. The van der Waals surface area contributed by atoms with Crippen molar-refractivity contribution in [3.63, 3.8) is 0 Å². The summed E-state index contributed by atoms with van der Waals surface area (Å²) in [5.74, 6) is 0.531. The average Bonchev–Trinajstić information content (AvgIpc) is 2.66. The van der Waals surface area contributed by atoms with Gasteiger partial charge in [0.25, 0.3) is 0 Å². The van der Waals surface area contributed by atoms with Gasteiger partial charge in [-0.15, -0.1) is 0 Å². The molecule has 0 atom stereocenters. The number of nitrogens with zero attached hydrogens (tertiary/aromatic N) is 1. The summed E-state index contributed by atoms with van der Waals surface area (Å²) in [7, 11) is 0. The minimum absolute atomic E-state index is 0.157. The summed E-state index contributed by atoms with van der Waals surface area (Å²) in [6.07, 6.45) is 1.79. The van der Waals surface area contributed by atoms with Crippen LogP contribution < -0.4 is 15.4 Å². The average molecular weight is 371 g/mol. The van der Waals surface area contributed by atoms with Gasteiger partial charge < -0.3 is 15.4 Å². The first-order chi connectivity index (χ1) is 13.1. The molecule has 1 saturated heterocycles. The molecule has 1 fully saturated rings. The molecule has 0 aliphatic carbocycles. The van der Waals surface area contributed by atoms with Crippen molar-refractivity contribution >= 4 is 11.7 Å². The first-order valence-electron chi connectivity index (χ1n) is 9.39. The Kier molecular flexibility index (Phi) is 6.65. The van der Waals surface area contributed by atoms with Crippen LogP contribution in [0.4, 0.5) is 14.9 Å². The zero-order valence-corrected chi connectivity index (χ0v) is 15.6. The number of halogens is 1. The van der Waals surface area contributed by atoms with Crippen LogP contribution in [0.3, 0.4) is 0 Å². The Morgan fingerprint density at radius 3 is 2.63 bits per heavy atom. The van der Waals surface area contributed by atoms with Crippen LogP contribution in [0.2, 0.25) is 0 Å². The number of carbonyl (C=O) groups excluding carboxylic acids is 1. The van der Waals surface area contributed by atoms with Crippen molar-refractivity contribution in [2.75, 3.05) is 25.0 Å². The smallest absolute Gasteiger partial charge is 0.319 e. The van der Waals surface area contributed by atoms with Crippen molar-refractivity contribution in [3.8, 4) is 5.75 Å². The topological polar surface area (TPSA) is 53.6 Å². The third kappa shape index (κ3) is 5.96. The summed E-state index contributed by atoms with van der Waals surface area (Å²) in [6.45, 7) is 5.13. The molecule has 1 aliphatic heterocycles. The monoisotopic (exact) mass is 371 g/mol. The first kappa shape index (κ1) is 19.2. The molecule has 1 heterocycles. The van der Waals surface area contributed by atoms with Crippen molar-refractivity contribution < 1.29 is 13.9 Å². The number of anilines is 1. The summed E-state index contributed by atoms with van der Waals surface area (Å²) < 4.78 is 18.4. The predicted octanol–water partition coefficient (Wildman–Crippen LogP) is 4.01. The highest BCUT2D eigenvalue weighted by atomic mass is 19.1. The molecule has 2 amide bonds. The number of likely N-dealkylation sites (tertiary alicyclic amines) is 1. The maximum Gasteiger partial charge on any atom is 0.319 e. The maximum atomic E-state index is 13.0. The quantitative estimate of drug-likeness (QED) is 0.807. The van der Waals surface area contributed by atoms with Crippen LogP contribution in [0.15, 0.2) is 48.5 Å². The number of piperidine rings is 1. The van der Waals surface area contributed by atoms with E-state index in [0.717, 1.165) is 43.8 Å². The largest absolute Gasteiger partial charge is 0.494 e. The predicted molar refractivity (Wildman–Crippen MR) is 104 cm³/mol. The van der Waals surface area contributed by atoms with E-state index < -0.39 is 0 Å². The molecule has 2 N–H and O–H groups in total. The molecule has 0 aromatic heterocycles. The van der Waals surface area contributed by atoms with Crippen LogP contribution in [0, 0.1) is 5.82 Å². The molecule has 3 rings (SSSR count). The lowest BCUT2D eigenvalue weighted by atomic mass is 10.0. The van der Waals surface area contributed by atoms with E-state index in [4.69, 9.17) is 4.74 Å². The van der Waals surface area contributed by atoms with Crippen molar-refractivity contribution in [2.24, 2.45) is 0 Å². The van der Waals surface area contributed by atoms with Gasteiger partial charge >= 0.3 is 6.03 Å². The van der Waals surface area contributed by atoms with E-state index in [0.29, 0.717) is 12.3 Å². The molecular weight excluding hydrogens is 345 g/mol. The van der Waals surface area contributed by atoms with Gasteiger partial charge in [0.2, 0.25) is 0 Å². The number of rotatable bonds is 6. The molecule has 27 heavy (non-hydrogen) atoms. The van der Waals surface area contributed by atoms with E-state index in [2.05, 4.69) is 15.5 Å². The van der Waals surface area contributed by atoms with E-state index in [1.807, 2.05) is 43.3 Å². The van der Waals surface area contributed by atoms with Gasteiger partial charge in [-0.25, -0.2) is 9.18 Å². The molecule has 2 aromatic carbocycles. The Labute approximate surface area is 159 Å². The lowest BCUT2D eigenvalue weighted by molar-refractivity contribution is 0.190. The van der Waals surface area contributed by atoms with Gasteiger partial charge in [-0.3, -0.25) is 4.90 Å². The Bertz CT molecular complexity index is 743. The van der Waals surface area contributed by atoms with Gasteiger partial charge in [0.05, 0.1) is 6.61 Å². The van der Waals surface area contributed by atoms with E-state index in [1.165, 1.54) is 12.1 Å². The Morgan fingerprint density at radius 2 is 1.93 bits per heavy atom. The second kappa shape index (κ2) is 9.37. The minimum atomic E-state index is -0.209. The second-order valence-electron chi connectivity index (χ2n) is 6.74. The number of hydrogen-bond donors (Lipinski definition) is 2. The minimum Gasteiger partial charge on any atom is -0.494 e. The normalized spacial score (nSPS) is 15.3. The number of amides is 2. The van der Waals surface area contributed by atoms with E-state index in [1.54, 1.807) is 0 Å². The lowest BCUT2D eigenvalue weighted by Gasteiger charge is -2.32. The highest BCUT2D eigenvalue weighted by molar-refractivity contribution is 5.89. The fraction of sp³-hybridized carbons (Fsp3) is 0.381. The lowest BCUT2D eigenvalue weighted by Crippen LogP contribution is -2.45. The molecule has 1 aliphatic rings. The number of ether oxygens (including phenoxy) is 1. The Balaban J connectivity index is 1.42. The van der Waals surface area contributed by atoms with Gasteiger partial charge in [-0.1, -0.05) is 18.2 Å². The van der Waals surface area contributed by atoms with Crippen LogP contribution in [-0.4, -0.2) is 36.7 Å². The molecule has 0 saturated carbocycles. The Morgan fingerprint density at radius 1 is 1.19 bits per heavy atom. The van der Waals surface area contributed by atoms with Gasteiger partial charge in [0.1, 0.15) is 11.6 Å². The van der Waals surface area contributed by atoms with Crippen molar-refractivity contribution in [3.05, 3.63) is 59.9 Å². The van der Waals surface area contributed by atoms with Gasteiger partial charge in [-0.05, 0) is 49.6 Å². The fourth-order valence-electron chi connectivity index (χ4n) is 3.27. The molecule has 144 valence electrons. The number of hydrogen-bond acceptors (Lipinski definition) is 3. The number of nitrogens with one attached hydrogen (secondary N) is 2. The highest BCUT2D eigenvalue weighted by Gasteiger charge is 2.20. The third-order valence-electron chi connectivity index (χ3n) is 4.65. The number of carbonyl (C=O) groups is 1. The molecule has 5 nitrogen and oxygen atoms in total. The summed E-state index contributed by atoms with van der Waals surface area (Å²) in [5.41, 5.74) is 1.82. The summed E-state index contributed by atoms with van der Waals surface area (Å²) in [4.78, 5) is 14.6. The van der Waals surface area contributed by atoms with Gasteiger partial charge in [0, 0.05) is 37.4 Å². The third-order valence-corrected chi connectivity index (χ3v) is 4.65. The molecule has 6 heteroatoms. The van der Waals surface area contributed by atoms with E-state index in [9.17, 15) is 9.18 Å². The molecular formula is C21H26FN3O2. The van der Waals surface area contributed by atoms with Crippen molar-refractivity contribution in [2.45, 2.75) is 32.4 Å². The zero-order valence-electron chi connectivity index (χ0n) is 15.6. The van der Waals surface area contributed by atoms with Crippen LogP contribution in [-0.2, 0) is 6.54 Å². The van der Waals surface area contributed by atoms with Crippen molar-refractivity contribution in [1.29, 1.82) is 0 Å². The number of benzene rings is 2. The van der Waals surface area contributed by atoms with Crippen LogP contribution in [0.1, 0.15) is 25.3 Å². The highest BCUT2D eigenvalue weighted by Crippen LogP contribution is 2.18.